The Balaban J connectivity index is 1.98. The molecule has 0 unspecified atom stereocenters. The quantitative estimate of drug-likeness (QED) is 0.823. The molecule has 0 aromatic heterocycles. The number of carbonyl (C=O) groups excluding carboxylic acids is 1. The predicted molar refractivity (Wildman–Crippen MR) is 97.5 cm³/mol. The number of hydrogen-bond donors (Lipinski definition) is 0. The fraction of sp³-hybridized carbons (Fsp3) is 0.250. The van der Waals surface area contributed by atoms with Crippen LogP contribution in [-0.2, 0) is 10.5 Å². The molecule has 1 aliphatic heterocycles. The highest BCUT2D eigenvalue weighted by Gasteiger charge is 2.17. The molecular formula is C20H21NOS. The summed E-state index contributed by atoms with van der Waals surface area (Å²) in [5, 5.41) is 0. The number of hydrogen-bond acceptors (Lipinski definition) is 2. The van der Waals surface area contributed by atoms with Gasteiger partial charge in [0.2, 0.25) is 5.91 Å². The fourth-order valence-corrected chi connectivity index (χ4v) is 3.88. The molecule has 23 heavy (non-hydrogen) atoms. The van der Waals surface area contributed by atoms with Crippen molar-refractivity contribution in [1.29, 1.82) is 0 Å². The number of rotatable bonds is 3. The minimum Gasteiger partial charge on any atom is -0.346 e. The largest absolute Gasteiger partial charge is 0.346 e. The maximum atomic E-state index is 11.4. The van der Waals surface area contributed by atoms with Gasteiger partial charge in [0.1, 0.15) is 0 Å². The molecule has 0 N–H and O–H groups in total. The molecule has 0 aliphatic carbocycles. The minimum atomic E-state index is 0.112. The van der Waals surface area contributed by atoms with Gasteiger partial charge >= 0.3 is 0 Å². The number of nitrogens with zero attached hydrogens (tertiary/aromatic N) is 1. The molecule has 0 fully saturated rings. The summed E-state index contributed by atoms with van der Waals surface area (Å²) in [6.07, 6.45) is 3.14. The highest BCUT2D eigenvalue weighted by molar-refractivity contribution is 7.98. The van der Waals surface area contributed by atoms with Gasteiger partial charge in [-0.25, -0.2) is 0 Å². The summed E-state index contributed by atoms with van der Waals surface area (Å²) in [6.45, 7) is 2.36. The summed E-state index contributed by atoms with van der Waals surface area (Å²) in [6, 6.07) is 17.2. The number of fused-ring (bicyclic) bond motifs is 2. The standard InChI is InChI=1S/C20H21NOS/c1-15(22)21(2)13-7-11-18-17-9-4-3-8-16(17)14-23-20-12-6-5-10-19(18)20/h3-6,8-12H,7,13-14H2,1-2H3/b18-11-. The van der Waals surface area contributed by atoms with Gasteiger partial charge in [-0.2, -0.15) is 0 Å². The molecule has 0 bridgehead atoms. The molecule has 3 heteroatoms. The highest BCUT2D eigenvalue weighted by atomic mass is 32.2. The molecule has 0 saturated heterocycles. The minimum absolute atomic E-state index is 0.112. The van der Waals surface area contributed by atoms with Crippen molar-refractivity contribution in [3.8, 4) is 0 Å². The van der Waals surface area contributed by atoms with E-state index >= 15 is 0 Å². The zero-order valence-corrected chi connectivity index (χ0v) is 14.4. The van der Waals surface area contributed by atoms with Gasteiger partial charge in [-0.15, -0.1) is 11.8 Å². The third kappa shape index (κ3) is 3.50. The van der Waals surface area contributed by atoms with E-state index in [0.717, 1.165) is 18.7 Å². The Morgan fingerprint density at radius 3 is 2.61 bits per heavy atom. The van der Waals surface area contributed by atoms with Crippen LogP contribution in [0, 0.1) is 0 Å². The Kier molecular flexibility index (Phi) is 4.87. The van der Waals surface area contributed by atoms with Crippen molar-refractivity contribution in [2.75, 3.05) is 13.6 Å². The summed E-state index contributed by atoms with van der Waals surface area (Å²) < 4.78 is 0. The van der Waals surface area contributed by atoms with Crippen molar-refractivity contribution in [2.24, 2.45) is 0 Å². The van der Waals surface area contributed by atoms with Crippen LogP contribution < -0.4 is 0 Å². The fourth-order valence-electron chi connectivity index (χ4n) is 2.80. The van der Waals surface area contributed by atoms with E-state index in [0.29, 0.717) is 0 Å². The average molecular weight is 323 g/mol. The summed E-state index contributed by atoms with van der Waals surface area (Å²) in [5.41, 5.74) is 5.28. The Morgan fingerprint density at radius 2 is 1.83 bits per heavy atom. The molecule has 0 spiro atoms. The monoisotopic (exact) mass is 323 g/mol. The summed E-state index contributed by atoms with van der Waals surface area (Å²) >= 11 is 1.90. The van der Waals surface area contributed by atoms with Crippen LogP contribution in [0.15, 0.2) is 59.5 Å². The van der Waals surface area contributed by atoms with Crippen molar-refractivity contribution in [2.45, 2.75) is 24.0 Å². The SMILES string of the molecule is CC(=O)N(C)CC/C=C1/c2ccccc2CSc2ccccc21. The summed E-state index contributed by atoms with van der Waals surface area (Å²) in [7, 11) is 1.85. The maximum absolute atomic E-state index is 11.4. The molecule has 1 aliphatic rings. The smallest absolute Gasteiger partial charge is 0.219 e. The first-order valence-corrected chi connectivity index (χ1v) is 8.87. The van der Waals surface area contributed by atoms with Gasteiger partial charge in [0.05, 0.1) is 0 Å². The average Bonchev–Trinajstić information content (AvgIpc) is 2.72. The topological polar surface area (TPSA) is 20.3 Å². The van der Waals surface area contributed by atoms with E-state index in [9.17, 15) is 4.79 Å². The molecule has 1 heterocycles. The number of amides is 1. The Hall–Kier alpha value is -2.00. The lowest BCUT2D eigenvalue weighted by Crippen LogP contribution is -2.24. The Bertz CT molecular complexity index is 701. The first-order chi connectivity index (χ1) is 11.2. The summed E-state index contributed by atoms with van der Waals surface area (Å²) in [4.78, 5) is 14.5. The predicted octanol–water partition coefficient (Wildman–Crippen LogP) is 4.59. The lowest BCUT2D eigenvalue weighted by Gasteiger charge is -2.15. The molecule has 0 radical (unpaired) electrons. The van der Waals surface area contributed by atoms with Crippen LogP contribution in [0.5, 0.6) is 0 Å². The van der Waals surface area contributed by atoms with Crippen LogP contribution in [0.2, 0.25) is 0 Å². The van der Waals surface area contributed by atoms with Gasteiger partial charge < -0.3 is 4.90 Å². The third-order valence-corrected chi connectivity index (χ3v) is 5.34. The van der Waals surface area contributed by atoms with Gasteiger partial charge in [0.25, 0.3) is 0 Å². The van der Waals surface area contributed by atoms with E-state index in [2.05, 4.69) is 54.6 Å². The van der Waals surface area contributed by atoms with Crippen LogP contribution in [0.3, 0.4) is 0 Å². The molecule has 2 aromatic carbocycles. The highest BCUT2D eigenvalue weighted by Crippen LogP contribution is 2.39. The second-order valence-corrected chi connectivity index (χ2v) is 6.81. The zero-order valence-electron chi connectivity index (χ0n) is 13.6. The lowest BCUT2D eigenvalue weighted by molar-refractivity contribution is -0.127. The second-order valence-electron chi connectivity index (χ2n) is 5.79. The van der Waals surface area contributed by atoms with Crippen molar-refractivity contribution in [3.63, 3.8) is 0 Å². The van der Waals surface area contributed by atoms with Crippen LogP contribution >= 0.6 is 11.8 Å². The number of carbonyl (C=O) groups is 1. The van der Waals surface area contributed by atoms with Crippen LogP contribution in [-0.4, -0.2) is 24.4 Å². The Morgan fingerprint density at radius 1 is 1.13 bits per heavy atom. The van der Waals surface area contributed by atoms with E-state index in [1.54, 1.807) is 11.8 Å². The van der Waals surface area contributed by atoms with E-state index in [1.165, 1.54) is 27.2 Å². The first kappa shape index (κ1) is 15.9. The van der Waals surface area contributed by atoms with Crippen molar-refractivity contribution < 1.29 is 4.79 Å². The molecule has 2 aromatic rings. The van der Waals surface area contributed by atoms with E-state index in [1.807, 2.05) is 18.8 Å². The molecule has 0 atom stereocenters. The van der Waals surface area contributed by atoms with E-state index in [4.69, 9.17) is 0 Å². The van der Waals surface area contributed by atoms with Crippen molar-refractivity contribution in [1.82, 2.24) is 4.90 Å². The van der Waals surface area contributed by atoms with Crippen molar-refractivity contribution >= 4 is 23.2 Å². The van der Waals surface area contributed by atoms with E-state index < -0.39 is 0 Å². The molecule has 3 rings (SSSR count). The molecule has 2 nitrogen and oxygen atoms in total. The second kappa shape index (κ2) is 7.05. The van der Waals surface area contributed by atoms with Gasteiger partial charge in [-0.1, -0.05) is 48.5 Å². The summed E-state index contributed by atoms with van der Waals surface area (Å²) in [5.74, 6) is 1.11. The van der Waals surface area contributed by atoms with Gasteiger partial charge in [0.15, 0.2) is 0 Å². The van der Waals surface area contributed by atoms with Gasteiger partial charge in [-0.3, -0.25) is 4.79 Å². The lowest BCUT2D eigenvalue weighted by atomic mass is 9.93. The molecule has 0 saturated carbocycles. The number of benzene rings is 2. The Labute approximate surface area is 142 Å². The number of thioether (sulfide) groups is 1. The maximum Gasteiger partial charge on any atom is 0.219 e. The van der Waals surface area contributed by atoms with Gasteiger partial charge in [0, 0.05) is 31.2 Å². The van der Waals surface area contributed by atoms with Crippen LogP contribution in [0.1, 0.15) is 30.0 Å². The normalized spacial score (nSPS) is 14.8. The molecule has 118 valence electrons. The zero-order chi connectivity index (χ0) is 16.2. The molecule has 1 amide bonds. The van der Waals surface area contributed by atoms with Crippen molar-refractivity contribution in [3.05, 3.63) is 71.3 Å². The van der Waals surface area contributed by atoms with Gasteiger partial charge in [-0.05, 0) is 34.8 Å². The first-order valence-electron chi connectivity index (χ1n) is 7.89. The third-order valence-electron chi connectivity index (χ3n) is 4.22. The van der Waals surface area contributed by atoms with E-state index in [-0.39, 0.29) is 5.91 Å². The van der Waals surface area contributed by atoms with Crippen LogP contribution in [0.4, 0.5) is 0 Å². The molecular weight excluding hydrogens is 302 g/mol. The van der Waals surface area contributed by atoms with Crippen LogP contribution in [0.25, 0.3) is 5.57 Å².